The smallest absolute Gasteiger partial charge is 0.408 e. The second-order valence-electron chi connectivity index (χ2n) is 7.47. The Balaban J connectivity index is 1.59. The maximum absolute atomic E-state index is 12.9. The third-order valence-electron chi connectivity index (χ3n) is 4.73. The molecule has 3 rings (SSSR count). The predicted molar refractivity (Wildman–Crippen MR) is 132 cm³/mol. The lowest BCUT2D eigenvalue weighted by atomic mass is 10.1. The summed E-state index contributed by atoms with van der Waals surface area (Å²) in [7, 11) is -3.79. The van der Waals surface area contributed by atoms with Crippen molar-refractivity contribution in [1.82, 2.24) is 19.4 Å². The van der Waals surface area contributed by atoms with Crippen LogP contribution in [0.15, 0.2) is 60.7 Å². The Hall–Kier alpha value is -3.39. The third-order valence-corrected chi connectivity index (χ3v) is 5.97. The number of aromatic nitrogens is 2. The van der Waals surface area contributed by atoms with Crippen molar-refractivity contribution in [1.29, 1.82) is 0 Å². The first kappa shape index (κ1) is 26.2. The van der Waals surface area contributed by atoms with Gasteiger partial charge in [0.25, 0.3) is 10.2 Å². The minimum absolute atomic E-state index is 0.0517. The van der Waals surface area contributed by atoms with Crippen molar-refractivity contribution >= 4 is 38.9 Å². The van der Waals surface area contributed by atoms with E-state index < -0.39 is 28.3 Å². The quantitative estimate of drug-likeness (QED) is 0.267. The summed E-state index contributed by atoms with van der Waals surface area (Å²) in [6.45, 7) is 0.165. The van der Waals surface area contributed by atoms with Crippen LogP contribution in [0.3, 0.4) is 0 Å². The number of amides is 2. The molecule has 186 valence electrons. The van der Waals surface area contributed by atoms with Gasteiger partial charge in [0.15, 0.2) is 5.82 Å². The van der Waals surface area contributed by atoms with Gasteiger partial charge in [0.05, 0.1) is 0 Å². The summed E-state index contributed by atoms with van der Waals surface area (Å²) in [5, 5.41) is 10.5. The first-order chi connectivity index (χ1) is 16.8. The summed E-state index contributed by atoms with van der Waals surface area (Å²) < 4.78 is 33.7. The van der Waals surface area contributed by atoms with Crippen molar-refractivity contribution in [3.05, 3.63) is 66.2 Å². The van der Waals surface area contributed by atoms with Crippen molar-refractivity contribution in [2.45, 2.75) is 31.9 Å². The van der Waals surface area contributed by atoms with E-state index in [0.29, 0.717) is 18.7 Å². The van der Waals surface area contributed by atoms with E-state index in [1.165, 1.54) is 0 Å². The highest BCUT2D eigenvalue weighted by atomic mass is 32.2. The largest absolute Gasteiger partial charge is 0.445 e. The average Bonchev–Trinajstić information content (AvgIpc) is 3.31. The summed E-state index contributed by atoms with van der Waals surface area (Å²) in [5.41, 5.74) is 1.62. The SMILES string of the molecule is NS(=O)(=O)NCCCC[C@H](NC(=O)OCc1ccccc1)C(=O)Nc1nc(-c2ccccc2)ns1. The summed E-state index contributed by atoms with van der Waals surface area (Å²) >= 11 is 1.02. The van der Waals surface area contributed by atoms with Crippen molar-refractivity contribution in [3.8, 4) is 11.4 Å². The number of nitrogens with zero attached hydrogens (tertiary/aromatic N) is 2. The van der Waals surface area contributed by atoms with Crippen LogP contribution < -0.4 is 20.5 Å². The number of ether oxygens (including phenoxy) is 1. The number of alkyl carbamates (subject to hydrolysis) is 1. The maximum atomic E-state index is 12.9. The number of nitrogens with two attached hydrogens (primary N) is 1. The zero-order valence-electron chi connectivity index (χ0n) is 18.7. The minimum Gasteiger partial charge on any atom is -0.445 e. The van der Waals surface area contributed by atoms with Crippen LogP contribution in [0.25, 0.3) is 11.4 Å². The van der Waals surface area contributed by atoms with Gasteiger partial charge in [-0.3, -0.25) is 10.1 Å². The standard InChI is InChI=1S/C22H26N6O5S2/c23-35(31,32)24-14-8-7-13-18(25-22(30)33-15-16-9-3-1-4-10-16)20(29)27-21-26-19(28-34-21)17-11-5-2-6-12-17/h1-6,9-12,18,24H,7-8,13-15H2,(H,25,30)(H2,23,31,32)(H,26,27,28,29)/t18-/m0/s1. The van der Waals surface area contributed by atoms with Crippen molar-refractivity contribution in [2.75, 3.05) is 11.9 Å². The van der Waals surface area contributed by atoms with E-state index in [1.54, 1.807) is 0 Å². The maximum Gasteiger partial charge on any atom is 0.408 e. The molecule has 2 aromatic carbocycles. The number of nitrogens with one attached hydrogen (secondary N) is 3. The predicted octanol–water partition coefficient (Wildman–Crippen LogP) is 2.40. The molecular weight excluding hydrogens is 492 g/mol. The highest BCUT2D eigenvalue weighted by Gasteiger charge is 2.23. The Morgan fingerprint density at radius 2 is 1.71 bits per heavy atom. The van der Waals surface area contributed by atoms with E-state index in [4.69, 9.17) is 9.88 Å². The number of hydrogen-bond acceptors (Lipinski definition) is 8. The van der Waals surface area contributed by atoms with Gasteiger partial charge in [0.1, 0.15) is 12.6 Å². The number of carbonyl (C=O) groups is 2. The molecule has 1 heterocycles. The second kappa shape index (κ2) is 12.9. The van der Waals surface area contributed by atoms with Crippen LogP contribution in [-0.4, -0.2) is 42.4 Å². The van der Waals surface area contributed by atoms with Gasteiger partial charge in [0.2, 0.25) is 11.0 Å². The van der Waals surface area contributed by atoms with Crippen molar-refractivity contribution in [2.24, 2.45) is 5.14 Å². The number of hydrogen-bond donors (Lipinski definition) is 4. The Morgan fingerprint density at radius 1 is 1.03 bits per heavy atom. The van der Waals surface area contributed by atoms with Gasteiger partial charge in [-0.25, -0.2) is 14.7 Å². The van der Waals surface area contributed by atoms with Crippen LogP contribution in [0.5, 0.6) is 0 Å². The van der Waals surface area contributed by atoms with Gasteiger partial charge in [-0.2, -0.15) is 17.8 Å². The topological polar surface area (TPSA) is 165 Å². The lowest BCUT2D eigenvalue weighted by Gasteiger charge is -2.17. The van der Waals surface area contributed by atoms with E-state index in [2.05, 4.69) is 24.7 Å². The van der Waals surface area contributed by atoms with Gasteiger partial charge in [0, 0.05) is 23.6 Å². The molecule has 0 aliphatic carbocycles. The second-order valence-corrected chi connectivity index (χ2v) is 9.60. The van der Waals surface area contributed by atoms with Crippen LogP contribution in [0.4, 0.5) is 9.93 Å². The summed E-state index contributed by atoms with van der Waals surface area (Å²) in [5.74, 6) is -0.0106. The number of rotatable bonds is 12. The lowest BCUT2D eigenvalue weighted by molar-refractivity contribution is -0.118. The Kier molecular flexibility index (Phi) is 9.66. The molecule has 0 fully saturated rings. The van der Waals surface area contributed by atoms with Crippen molar-refractivity contribution < 1.29 is 22.7 Å². The molecule has 0 spiro atoms. The molecule has 0 bridgehead atoms. The van der Waals surface area contributed by atoms with Crippen LogP contribution in [0, 0.1) is 0 Å². The van der Waals surface area contributed by atoms with Gasteiger partial charge in [-0.05, 0) is 24.8 Å². The number of anilines is 1. The molecule has 0 aliphatic rings. The van der Waals surface area contributed by atoms with Gasteiger partial charge in [-0.15, -0.1) is 0 Å². The summed E-state index contributed by atoms with van der Waals surface area (Å²) in [6, 6.07) is 17.5. The average molecular weight is 519 g/mol. The van der Waals surface area contributed by atoms with Gasteiger partial charge >= 0.3 is 6.09 Å². The van der Waals surface area contributed by atoms with Gasteiger partial charge < -0.3 is 10.1 Å². The zero-order chi connectivity index (χ0) is 25.1. The summed E-state index contributed by atoms with van der Waals surface area (Å²) in [4.78, 5) is 29.6. The molecule has 0 radical (unpaired) electrons. The first-order valence-electron chi connectivity index (χ1n) is 10.7. The Bertz CT molecular complexity index is 1210. The van der Waals surface area contributed by atoms with Gasteiger partial charge in [-0.1, -0.05) is 60.7 Å². The molecule has 0 aliphatic heterocycles. The van der Waals surface area contributed by atoms with E-state index in [9.17, 15) is 18.0 Å². The van der Waals surface area contributed by atoms with Crippen molar-refractivity contribution in [3.63, 3.8) is 0 Å². The minimum atomic E-state index is -3.79. The molecule has 0 saturated heterocycles. The highest BCUT2D eigenvalue weighted by molar-refractivity contribution is 7.87. The summed E-state index contributed by atoms with van der Waals surface area (Å²) in [6.07, 6.45) is 0.338. The molecule has 0 unspecified atom stereocenters. The monoisotopic (exact) mass is 518 g/mol. The molecule has 1 atom stereocenters. The molecule has 11 nitrogen and oxygen atoms in total. The normalized spacial score (nSPS) is 12.0. The fourth-order valence-corrected chi connectivity index (χ4v) is 4.06. The molecule has 0 saturated carbocycles. The molecule has 35 heavy (non-hydrogen) atoms. The Labute approximate surface area is 207 Å². The van der Waals surface area contributed by atoms with Crippen LogP contribution in [-0.2, 0) is 26.3 Å². The van der Waals surface area contributed by atoms with E-state index in [1.807, 2.05) is 60.7 Å². The van der Waals surface area contributed by atoms with E-state index in [0.717, 1.165) is 22.7 Å². The van der Waals surface area contributed by atoms with Crippen LogP contribution >= 0.6 is 11.5 Å². The van der Waals surface area contributed by atoms with E-state index in [-0.39, 0.29) is 24.7 Å². The lowest BCUT2D eigenvalue weighted by Crippen LogP contribution is -2.44. The zero-order valence-corrected chi connectivity index (χ0v) is 20.3. The molecule has 3 aromatic rings. The first-order valence-corrected chi connectivity index (χ1v) is 13.1. The molecule has 2 amide bonds. The number of benzene rings is 2. The van der Waals surface area contributed by atoms with Crippen LogP contribution in [0.1, 0.15) is 24.8 Å². The Morgan fingerprint density at radius 3 is 2.40 bits per heavy atom. The molecule has 1 aromatic heterocycles. The number of carbonyl (C=O) groups excluding carboxylic acids is 2. The molecular formula is C22H26N6O5S2. The van der Waals surface area contributed by atoms with E-state index >= 15 is 0 Å². The fraction of sp³-hybridized carbons (Fsp3) is 0.273. The molecule has 5 N–H and O–H groups in total. The highest BCUT2D eigenvalue weighted by Crippen LogP contribution is 2.21. The number of unbranched alkanes of at least 4 members (excludes halogenated alkanes) is 1. The van der Waals surface area contributed by atoms with Crippen LogP contribution in [0.2, 0.25) is 0 Å². The molecule has 13 heteroatoms. The fourth-order valence-electron chi connectivity index (χ4n) is 3.03. The third kappa shape index (κ3) is 9.41.